The minimum atomic E-state index is -0.280. The Morgan fingerprint density at radius 3 is 2.50 bits per heavy atom. The normalized spacial score (nSPS) is 16.8. The molecule has 0 aromatic heterocycles. The summed E-state index contributed by atoms with van der Waals surface area (Å²) >= 11 is 0. The van der Waals surface area contributed by atoms with Gasteiger partial charge in [0.05, 0.1) is 6.67 Å². The van der Waals surface area contributed by atoms with Crippen LogP contribution < -0.4 is 5.73 Å². The molecule has 0 aliphatic carbocycles. The Hall–Kier alpha value is -0.110. The maximum atomic E-state index is 11.7. The summed E-state index contributed by atoms with van der Waals surface area (Å²) in [4.78, 5) is 0. The van der Waals surface area contributed by atoms with Gasteiger partial charge < -0.3 is 5.73 Å². The van der Waals surface area contributed by atoms with Crippen LogP contribution in [0.15, 0.2) is 0 Å². The van der Waals surface area contributed by atoms with Gasteiger partial charge in [-0.25, -0.2) is 0 Å². The van der Waals surface area contributed by atoms with Crippen LogP contribution in [0.5, 0.6) is 0 Å². The summed E-state index contributed by atoms with van der Waals surface area (Å²) < 4.78 is 11.7. The number of hydrogen-bond donors (Lipinski definition) is 1. The molecule has 0 radical (unpaired) electrons. The van der Waals surface area contributed by atoms with E-state index in [-0.39, 0.29) is 12.7 Å². The lowest BCUT2D eigenvalue weighted by atomic mass is 9.98. The van der Waals surface area contributed by atoms with Crippen molar-refractivity contribution >= 4 is 0 Å². The lowest BCUT2D eigenvalue weighted by molar-refractivity contribution is 0.384. The highest BCUT2D eigenvalue weighted by Gasteiger charge is 2.06. The number of nitrogens with two attached hydrogens (primary N) is 1. The van der Waals surface area contributed by atoms with E-state index in [9.17, 15) is 4.39 Å². The molecule has 2 atom stereocenters. The standard InChI is InChI=1S/C8H18FN/c1-3-7(2)6-8(10)4-5-9/h7-8H,3-6,10H2,1-2H3/t7?,8-/m1/s1. The van der Waals surface area contributed by atoms with Crippen molar-refractivity contribution in [1.82, 2.24) is 0 Å². The quantitative estimate of drug-likeness (QED) is 0.633. The molecule has 0 saturated heterocycles. The zero-order valence-corrected chi connectivity index (χ0v) is 6.94. The summed E-state index contributed by atoms with van der Waals surface area (Å²) in [5.41, 5.74) is 5.62. The van der Waals surface area contributed by atoms with Crippen molar-refractivity contribution in [3.05, 3.63) is 0 Å². The second-order valence-corrected chi connectivity index (χ2v) is 2.99. The van der Waals surface area contributed by atoms with E-state index in [0.29, 0.717) is 12.3 Å². The molecule has 0 aliphatic heterocycles. The second kappa shape index (κ2) is 5.66. The van der Waals surface area contributed by atoms with Gasteiger partial charge in [0.25, 0.3) is 0 Å². The predicted octanol–water partition coefficient (Wildman–Crippen LogP) is 2.11. The van der Waals surface area contributed by atoms with Crippen LogP contribution in [-0.2, 0) is 0 Å². The molecule has 10 heavy (non-hydrogen) atoms. The van der Waals surface area contributed by atoms with Gasteiger partial charge in [-0.15, -0.1) is 0 Å². The van der Waals surface area contributed by atoms with Crippen LogP contribution in [0.1, 0.15) is 33.1 Å². The molecule has 0 amide bonds. The third-order valence-corrected chi connectivity index (χ3v) is 1.88. The van der Waals surface area contributed by atoms with Crippen molar-refractivity contribution < 1.29 is 4.39 Å². The first-order valence-corrected chi connectivity index (χ1v) is 4.02. The number of halogens is 1. The molecule has 2 N–H and O–H groups in total. The topological polar surface area (TPSA) is 26.0 Å². The number of rotatable bonds is 5. The molecule has 1 nitrogen and oxygen atoms in total. The fourth-order valence-electron chi connectivity index (χ4n) is 0.941. The Morgan fingerprint density at radius 1 is 1.50 bits per heavy atom. The lowest BCUT2D eigenvalue weighted by Gasteiger charge is -2.13. The van der Waals surface area contributed by atoms with Crippen LogP contribution in [-0.4, -0.2) is 12.7 Å². The molecule has 2 heteroatoms. The largest absolute Gasteiger partial charge is 0.328 e. The molecule has 0 aromatic rings. The molecule has 62 valence electrons. The smallest absolute Gasteiger partial charge is 0.0909 e. The van der Waals surface area contributed by atoms with Crippen molar-refractivity contribution in [3.63, 3.8) is 0 Å². The summed E-state index contributed by atoms with van der Waals surface area (Å²) in [5, 5.41) is 0. The van der Waals surface area contributed by atoms with E-state index in [4.69, 9.17) is 5.73 Å². The molecule has 0 fully saturated rings. The van der Waals surface area contributed by atoms with Crippen LogP contribution in [0.2, 0.25) is 0 Å². The summed E-state index contributed by atoms with van der Waals surface area (Å²) in [6.07, 6.45) is 2.62. The van der Waals surface area contributed by atoms with Gasteiger partial charge in [-0.05, 0) is 18.8 Å². The average Bonchev–Trinajstić information content (AvgIpc) is 1.88. The van der Waals surface area contributed by atoms with Crippen molar-refractivity contribution in [1.29, 1.82) is 0 Å². The molecule has 0 rings (SSSR count). The molecular weight excluding hydrogens is 129 g/mol. The van der Waals surface area contributed by atoms with Gasteiger partial charge >= 0.3 is 0 Å². The predicted molar refractivity (Wildman–Crippen MR) is 42.6 cm³/mol. The first-order valence-electron chi connectivity index (χ1n) is 4.02. The molecule has 0 spiro atoms. The molecular formula is C8H18FN. The van der Waals surface area contributed by atoms with E-state index < -0.39 is 0 Å². The van der Waals surface area contributed by atoms with Crippen molar-refractivity contribution in [2.24, 2.45) is 11.7 Å². The average molecular weight is 147 g/mol. The van der Waals surface area contributed by atoms with Crippen LogP contribution >= 0.6 is 0 Å². The summed E-state index contributed by atoms with van der Waals surface area (Å²) in [6, 6.07) is 0.0694. The Morgan fingerprint density at radius 2 is 2.10 bits per heavy atom. The van der Waals surface area contributed by atoms with Gasteiger partial charge in [-0.2, -0.15) is 0 Å². The molecule has 0 heterocycles. The highest BCUT2D eigenvalue weighted by molar-refractivity contribution is 4.63. The van der Waals surface area contributed by atoms with E-state index in [1.807, 2.05) is 0 Å². The van der Waals surface area contributed by atoms with Crippen LogP contribution in [0.4, 0.5) is 4.39 Å². The summed E-state index contributed by atoms with van der Waals surface area (Å²) in [6.45, 7) is 4.00. The van der Waals surface area contributed by atoms with Gasteiger partial charge in [0.1, 0.15) is 0 Å². The Kier molecular flexibility index (Phi) is 5.60. The highest BCUT2D eigenvalue weighted by atomic mass is 19.1. The maximum Gasteiger partial charge on any atom is 0.0909 e. The van der Waals surface area contributed by atoms with Crippen LogP contribution in [0, 0.1) is 5.92 Å². The van der Waals surface area contributed by atoms with Crippen LogP contribution in [0.3, 0.4) is 0 Å². The van der Waals surface area contributed by atoms with Crippen molar-refractivity contribution in [3.8, 4) is 0 Å². The van der Waals surface area contributed by atoms with Gasteiger partial charge in [0, 0.05) is 6.04 Å². The summed E-state index contributed by atoms with van der Waals surface area (Å²) in [7, 11) is 0. The summed E-state index contributed by atoms with van der Waals surface area (Å²) in [5.74, 6) is 0.640. The van der Waals surface area contributed by atoms with E-state index in [1.54, 1.807) is 0 Å². The number of alkyl halides is 1. The SMILES string of the molecule is CCC(C)C[C@H](N)CCF. The molecule has 0 bridgehead atoms. The fraction of sp³-hybridized carbons (Fsp3) is 1.00. The highest BCUT2D eigenvalue weighted by Crippen LogP contribution is 2.10. The lowest BCUT2D eigenvalue weighted by Crippen LogP contribution is -2.23. The second-order valence-electron chi connectivity index (χ2n) is 2.99. The van der Waals surface area contributed by atoms with E-state index in [1.165, 1.54) is 0 Å². The third kappa shape index (κ3) is 4.74. The molecule has 0 aliphatic rings. The van der Waals surface area contributed by atoms with E-state index in [0.717, 1.165) is 12.8 Å². The Bertz CT molecular complexity index is 75.7. The first-order chi connectivity index (χ1) is 4.70. The zero-order chi connectivity index (χ0) is 7.98. The van der Waals surface area contributed by atoms with Gasteiger partial charge in [0.2, 0.25) is 0 Å². The van der Waals surface area contributed by atoms with Gasteiger partial charge in [-0.1, -0.05) is 20.3 Å². The first kappa shape index (κ1) is 9.89. The third-order valence-electron chi connectivity index (χ3n) is 1.88. The molecule has 1 unspecified atom stereocenters. The van der Waals surface area contributed by atoms with Crippen molar-refractivity contribution in [2.45, 2.75) is 39.2 Å². The number of hydrogen-bond acceptors (Lipinski definition) is 1. The zero-order valence-electron chi connectivity index (χ0n) is 6.94. The van der Waals surface area contributed by atoms with Gasteiger partial charge in [0.15, 0.2) is 0 Å². The molecule has 0 aromatic carbocycles. The monoisotopic (exact) mass is 147 g/mol. The van der Waals surface area contributed by atoms with Gasteiger partial charge in [-0.3, -0.25) is 4.39 Å². The molecule has 0 saturated carbocycles. The minimum absolute atomic E-state index is 0.0694. The van der Waals surface area contributed by atoms with E-state index in [2.05, 4.69) is 13.8 Å². The van der Waals surface area contributed by atoms with Crippen LogP contribution in [0.25, 0.3) is 0 Å². The van der Waals surface area contributed by atoms with E-state index >= 15 is 0 Å². The minimum Gasteiger partial charge on any atom is -0.328 e. The van der Waals surface area contributed by atoms with Crippen molar-refractivity contribution in [2.75, 3.05) is 6.67 Å². The Labute approximate surface area is 62.8 Å². The Balaban J connectivity index is 3.27. The maximum absolute atomic E-state index is 11.7. The fourth-order valence-corrected chi connectivity index (χ4v) is 0.941.